The van der Waals surface area contributed by atoms with E-state index in [1.54, 1.807) is 6.07 Å². The van der Waals surface area contributed by atoms with Crippen LogP contribution in [0.1, 0.15) is 17.9 Å². The minimum atomic E-state index is -0.196. The van der Waals surface area contributed by atoms with Crippen LogP contribution in [0.15, 0.2) is 18.2 Å². The molecule has 0 aromatic heterocycles. The zero-order valence-corrected chi connectivity index (χ0v) is 8.03. The van der Waals surface area contributed by atoms with Gasteiger partial charge in [0.05, 0.1) is 5.69 Å². The highest BCUT2D eigenvalue weighted by molar-refractivity contribution is 5.63. The number of hydrogen-bond donors (Lipinski definition) is 0. The lowest BCUT2D eigenvalue weighted by atomic mass is 9.99. The number of rotatable bonds is 2. The first-order valence-corrected chi connectivity index (χ1v) is 4.67. The van der Waals surface area contributed by atoms with Crippen molar-refractivity contribution in [1.82, 2.24) is 0 Å². The Morgan fingerprint density at radius 3 is 3.14 bits per heavy atom. The summed E-state index contributed by atoms with van der Waals surface area (Å²) in [4.78, 5) is 12.3. The van der Waals surface area contributed by atoms with Crippen LogP contribution in [-0.2, 0) is 4.79 Å². The molecule has 1 atom stereocenters. The summed E-state index contributed by atoms with van der Waals surface area (Å²) in [5.41, 5.74) is 1.61. The van der Waals surface area contributed by atoms with Gasteiger partial charge < -0.3 is 9.69 Å². The summed E-state index contributed by atoms with van der Waals surface area (Å²) in [5, 5.41) is 0. The Morgan fingerprint density at radius 1 is 1.64 bits per heavy atom. The Kier molecular flexibility index (Phi) is 2.23. The summed E-state index contributed by atoms with van der Waals surface area (Å²) < 4.78 is 13.4. The van der Waals surface area contributed by atoms with Crippen molar-refractivity contribution in [2.24, 2.45) is 0 Å². The van der Waals surface area contributed by atoms with E-state index in [0.29, 0.717) is 12.1 Å². The molecule has 1 aromatic rings. The van der Waals surface area contributed by atoms with Gasteiger partial charge in [-0.05, 0) is 11.6 Å². The van der Waals surface area contributed by atoms with Crippen LogP contribution in [0.2, 0.25) is 0 Å². The molecule has 14 heavy (non-hydrogen) atoms. The van der Waals surface area contributed by atoms with Crippen LogP contribution in [0.3, 0.4) is 0 Å². The van der Waals surface area contributed by atoms with E-state index in [4.69, 9.17) is 0 Å². The van der Waals surface area contributed by atoms with E-state index in [1.165, 1.54) is 6.07 Å². The Morgan fingerprint density at radius 2 is 2.43 bits per heavy atom. The van der Waals surface area contributed by atoms with Crippen molar-refractivity contribution in [2.45, 2.75) is 12.3 Å². The lowest BCUT2D eigenvalue weighted by Gasteiger charge is -2.12. The van der Waals surface area contributed by atoms with Crippen LogP contribution in [0.25, 0.3) is 0 Å². The summed E-state index contributed by atoms with van der Waals surface area (Å²) in [7, 11) is 1.85. The molecule has 0 amide bonds. The molecule has 1 unspecified atom stereocenters. The largest absolute Gasteiger partial charge is 0.371 e. The second kappa shape index (κ2) is 3.40. The van der Waals surface area contributed by atoms with Gasteiger partial charge in [-0.15, -0.1) is 0 Å². The Labute approximate surface area is 82.3 Å². The van der Waals surface area contributed by atoms with E-state index < -0.39 is 0 Å². The van der Waals surface area contributed by atoms with Crippen LogP contribution >= 0.6 is 0 Å². The summed E-state index contributed by atoms with van der Waals surface area (Å²) in [5.74, 6) is -0.0402. The monoisotopic (exact) mass is 193 g/mol. The number of carbonyl (C=O) groups is 1. The highest BCUT2D eigenvalue weighted by Gasteiger charge is 2.28. The smallest absolute Gasteiger partial charge is 0.146 e. The second-order valence-corrected chi connectivity index (χ2v) is 3.66. The van der Waals surface area contributed by atoms with Gasteiger partial charge in [-0.2, -0.15) is 0 Å². The van der Waals surface area contributed by atoms with E-state index >= 15 is 0 Å². The van der Waals surface area contributed by atoms with E-state index in [2.05, 4.69) is 0 Å². The molecule has 0 saturated carbocycles. The van der Waals surface area contributed by atoms with Crippen molar-refractivity contribution in [3.8, 4) is 0 Å². The van der Waals surface area contributed by atoms with E-state index in [-0.39, 0.29) is 11.7 Å². The third-order valence-corrected chi connectivity index (χ3v) is 2.71. The number of anilines is 1. The summed E-state index contributed by atoms with van der Waals surface area (Å²) in [6, 6.07) is 5.06. The normalized spacial score (nSPS) is 19.6. The fourth-order valence-electron chi connectivity index (χ4n) is 2.10. The first kappa shape index (κ1) is 9.19. The molecule has 0 fully saturated rings. The first-order chi connectivity index (χ1) is 6.74. The van der Waals surface area contributed by atoms with E-state index in [9.17, 15) is 9.18 Å². The molecule has 2 rings (SSSR count). The highest BCUT2D eigenvalue weighted by atomic mass is 19.1. The molecule has 1 aliphatic heterocycles. The average molecular weight is 193 g/mol. The van der Waals surface area contributed by atoms with Gasteiger partial charge in [-0.25, -0.2) is 4.39 Å². The molecule has 2 nitrogen and oxygen atoms in total. The van der Waals surface area contributed by atoms with Crippen molar-refractivity contribution in [2.75, 3.05) is 18.5 Å². The fraction of sp³-hybridized carbons (Fsp3) is 0.364. The molecule has 0 aliphatic carbocycles. The van der Waals surface area contributed by atoms with E-state index in [0.717, 1.165) is 18.4 Å². The number of hydrogen-bond acceptors (Lipinski definition) is 2. The number of carbonyl (C=O) groups excluding carboxylic acids is 1. The maximum Gasteiger partial charge on any atom is 0.146 e. The second-order valence-electron chi connectivity index (χ2n) is 3.66. The number of fused-ring (bicyclic) bond motifs is 1. The van der Waals surface area contributed by atoms with Crippen molar-refractivity contribution >= 4 is 12.0 Å². The minimum absolute atomic E-state index is 0.156. The average Bonchev–Trinajstić information content (AvgIpc) is 2.46. The van der Waals surface area contributed by atoms with Gasteiger partial charge in [-0.3, -0.25) is 0 Å². The van der Waals surface area contributed by atoms with Gasteiger partial charge in [0.1, 0.15) is 12.1 Å². The number of likely N-dealkylation sites (N-methyl/N-ethyl adjacent to an activating group) is 1. The number of benzene rings is 1. The zero-order chi connectivity index (χ0) is 10.1. The van der Waals surface area contributed by atoms with Crippen LogP contribution in [0.5, 0.6) is 0 Å². The summed E-state index contributed by atoms with van der Waals surface area (Å²) >= 11 is 0. The Hall–Kier alpha value is -1.38. The number of para-hydroxylation sites is 1. The molecular formula is C11H12FNO. The Balaban J connectivity index is 2.43. The third kappa shape index (κ3) is 1.29. The van der Waals surface area contributed by atoms with Crippen LogP contribution in [0, 0.1) is 5.82 Å². The number of nitrogens with zero attached hydrogens (tertiary/aromatic N) is 1. The molecule has 0 spiro atoms. The van der Waals surface area contributed by atoms with Crippen LogP contribution in [-0.4, -0.2) is 19.9 Å². The van der Waals surface area contributed by atoms with Crippen LogP contribution in [0.4, 0.5) is 10.1 Å². The molecule has 1 aliphatic rings. The predicted molar refractivity (Wildman–Crippen MR) is 53.1 cm³/mol. The first-order valence-electron chi connectivity index (χ1n) is 4.67. The zero-order valence-electron chi connectivity index (χ0n) is 8.03. The molecular weight excluding hydrogens is 181 g/mol. The standard InChI is InChI=1S/C11H12FNO/c1-13-7-8(5-6-14)9-3-2-4-10(12)11(9)13/h2-4,6,8H,5,7H2,1H3. The molecule has 0 bridgehead atoms. The molecule has 3 heteroatoms. The van der Waals surface area contributed by atoms with Gasteiger partial charge in [-0.1, -0.05) is 12.1 Å². The Bertz CT molecular complexity index is 364. The van der Waals surface area contributed by atoms with Crippen molar-refractivity contribution in [3.05, 3.63) is 29.6 Å². The highest BCUT2D eigenvalue weighted by Crippen LogP contribution is 2.38. The van der Waals surface area contributed by atoms with Gasteiger partial charge in [0.25, 0.3) is 0 Å². The van der Waals surface area contributed by atoms with Gasteiger partial charge in [0, 0.05) is 25.9 Å². The minimum Gasteiger partial charge on any atom is -0.371 e. The lowest BCUT2D eigenvalue weighted by Crippen LogP contribution is -2.16. The van der Waals surface area contributed by atoms with Crippen molar-refractivity contribution in [1.29, 1.82) is 0 Å². The number of halogens is 1. The summed E-state index contributed by atoms with van der Waals surface area (Å²) in [6.07, 6.45) is 1.37. The van der Waals surface area contributed by atoms with Crippen LogP contribution < -0.4 is 4.90 Å². The van der Waals surface area contributed by atoms with E-state index in [1.807, 2.05) is 18.0 Å². The maximum absolute atomic E-state index is 13.4. The van der Waals surface area contributed by atoms with Gasteiger partial charge >= 0.3 is 0 Å². The van der Waals surface area contributed by atoms with Gasteiger partial charge in [0.15, 0.2) is 0 Å². The van der Waals surface area contributed by atoms with Gasteiger partial charge in [0.2, 0.25) is 0 Å². The molecule has 1 aromatic carbocycles. The lowest BCUT2D eigenvalue weighted by molar-refractivity contribution is -0.108. The maximum atomic E-state index is 13.4. The molecule has 0 N–H and O–H groups in total. The van der Waals surface area contributed by atoms with Crippen molar-refractivity contribution < 1.29 is 9.18 Å². The molecule has 0 radical (unpaired) electrons. The molecule has 74 valence electrons. The number of aldehydes is 1. The summed E-state index contributed by atoms with van der Waals surface area (Å²) in [6.45, 7) is 0.731. The fourth-order valence-corrected chi connectivity index (χ4v) is 2.10. The molecule has 0 saturated heterocycles. The van der Waals surface area contributed by atoms with Crippen molar-refractivity contribution in [3.63, 3.8) is 0 Å². The molecule has 1 heterocycles. The third-order valence-electron chi connectivity index (χ3n) is 2.71. The predicted octanol–water partition coefficient (Wildman–Crippen LogP) is 1.95. The topological polar surface area (TPSA) is 20.3 Å². The quantitative estimate of drug-likeness (QED) is 0.669. The SMILES string of the molecule is CN1CC(CC=O)c2cccc(F)c21.